The summed E-state index contributed by atoms with van der Waals surface area (Å²) < 4.78 is 0.552. The molecule has 0 aliphatic carbocycles. The van der Waals surface area contributed by atoms with Crippen LogP contribution >= 0.6 is 0 Å². The monoisotopic (exact) mass is 131 g/mol. The van der Waals surface area contributed by atoms with E-state index in [4.69, 9.17) is 0 Å². The molecule has 9 heavy (non-hydrogen) atoms. The Morgan fingerprint density at radius 3 is 2.33 bits per heavy atom. The molecule has 0 aromatic carbocycles. The Morgan fingerprint density at radius 2 is 2.22 bits per heavy atom. The maximum atomic E-state index is 10.6. The summed E-state index contributed by atoms with van der Waals surface area (Å²) in [5.41, 5.74) is 0. The minimum absolute atomic E-state index is 0.192. The summed E-state index contributed by atoms with van der Waals surface area (Å²) in [5.74, 6) is 0.192. The summed E-state index contributed by atoms with van der Waals surface area (Å²) in [6.07, 6.45) is 0. The van der Waals surface area contributed by atoms with Crippen LogP contribution in [0.5, 0.6) is 0 Å². The zero-order valence-corrected chi connectivity index (χ0v) is 5.92. The number of hydroxylamine groups is 3. The van der Waals surface area contributed by atoms with Crippen LogP contribution in [0, 0.1) is 5.21 Å². The second kappa shape index (κ2) is 3.29. The first-order valence-corrected chi connectivity index (χ1v) is 2.78. The minimum Gasteiger partial charge on any atom is -0.715 e. The van der Waals surface area contributed by atoms with Crippen molar-refractivity contribution < 1.29 is 9.95 Å². The van der Waals surface area contributed by atoms with Crippen LogP contribution in [0.1, 0.15) is 13.8 Å². The van der Waals surface area contributed by atoms with Crippen molar-refractivity contribution in [2.24, 2.45) is 0 Å². The van der Waals surface area contributed by atoms with Crippen LogP contribution in [-0.4, -0.2) is 29.2 Å². The average Bonchev–Trinajstić information content (AvgIpc) is 1.84. The molecule has 0 saturated heterocycles. The van der Waals surface area contributed by atoms with Crippen molar-refractivity contribution in [3.8, 4) is 0 Å². The van der Waals surface area contributed by atoms with Gasteiger partial charge in [0.2, 0.25) is 0 Å². The van der Waals surface area contributed by atoms with Crippen molar-refractivity contribution >= 4 is 5.84 Å². The fraction of sp³-hybridized carbons (Fsp3) is 0.800. The second-order valence-corrected chi connectivity index (χ2v) is 1.74. The van der Waals surface area contributed by atoms with E-state index in [1.165, 1.54) is 14.0 Å². The van der Waals surface area contributed by atoms with E-state index in [-0.39, 0.29) is 5.84 Å². The van der Waals surface area contributed by atoms with Crippen LogP contribution in [0.3, 0.4) is 0 Å². The highest BCUT2D eigenvalue weighted by molar-refractivity contribution is 5.73. The molecule has 4 heteroatoms. The molecule has 0 saturated carbocycles. The van der Waals surface area contributed by atoms with Gasteiger partial charge in [0.15, 0.2) is 0 Å². The Kier molecular flexibility index (Phi) is 3.01. The van der Waals surface area contributed by atoms with E-state index in [1.54, 1.807) is 6.92 Å². The van der Waals surface area contributed by atoms with Gasteiger partial charge in [-0.1, -0.05) is 5.06 Å². The largest absolute Gasteiger partial charge is 0.715 e. The van der Waals surface area contributed by atoms with Gasteiger partial charge < -0.3 is 5.21 Å². The molecule has 0 spiro atoms. The molecular weight excluding hydrogens is 120 g/mol. The highest BCUT2D eigenvalue weighted by atomic mass is 16.5. The van der Waals surface area contributed by atoms with Crippen LogP contribution in [0.2, 0.25) is 0 Å². The zero-order chi connectivity index (χ0) is 7.44. The van der Waals surface area contributed by atoms with Gasteiger partial charge in [-0.2, -0.15) is 0 Å². The lowest BCUT2D eigenvalue weighted by Gasteiger charge is -2.08. The molecule has 53 valence electrons. The zero-order valence-electron chi connectivity index (χ0n) is 5.92. The predicted molar refractivity (Wildman–Crippen MR) is 33.3 cm³/mol. The summed E-state index contributed by atoms with van der Waals surface area (Å²) in [7, 11) is 1.30. The Balaban J connectivity index is 4.02. The highest BCUT2D eigenvalue weighted by Crippen LogP contribution is 1.83. The summed E-state index contributed by atoms with van der Waals surface area (Å²) >= 11 is 0. The van der Waals surface area contributed by atoms with Gasteiger partial charge in [0.05, 0.1) is 7.05 Å². The van der Waals surface area contributed by atoms with Crippen LogP contribution in [0.15, 0.2) is 0 Å². The smallest absolute Gasteiger partial charge is 0.279 e. The molecule has 0 aromatic rings. The fourth-order valence-corrected chi connectivity index (χ4v) is 0.386. The lowest BCUT2D eigenvalue weighted by molar-refractivity contribution is -0.436. The van der Waals surface area contributed by atoms with Crippen molar-refractivity contribution in [2.45, 2.75) is 13.8 Å². The lowest BCUT2D eigenvalue weighted by atomic mass is 10.6. The number of rotatable bonds is 1. The van der Waals surface area contributed by atoms with Gasteiger partial charge in [-0.25, -0.2) is 0 Å². The average molecular weight is 131 g/mol. The molecule has 0 heterocycles. The van der Waals surface area contributed by atoms with Crippen molar-refractivity contribution in [3.05, 3.63) is 5.21 Å². The molecule has 0 bridgehead atoms. The molecule has 0 fully saturated rings. The Labute approximate surface area is 54.6 Å². The molecule has 0 aromatic heterocycles. The van der Waals surface area contributed by atoms with Crippen LogP contribution in [-0.2, 0) is 5.21 Å². The molecule has 0 N–H and O–H groups in total. The topological polar surface area (TPSA) is 49.2 Å². The molecule has 0 rings (SSSR count). The van der Waals surface area contributed by atoms with Crippen LogP contribution < -0.4 is 0 Å². The van der Waals surface area contributed by atoms with Gasteiger partial charge in [0.1, 0.15) is 6.54 Å². The molecule has 0 aliphatic heterocycles. The van der Waals surface area contributed by atoms with Crippen LogP contribution in [0.25, 0.3) is 0 Å². The molecule has 0 unspecified atom stereocenters. The van der Waals surface area contributed by atoms with E-state index in [0.717, 1.165) is 0 Å². The summed E-state index contributed by atoms with van der Waals surface area (Å²) in [5, 5.41) is 21.6. The first kappa shape index (κ1) is 8.23. The van der Waals surface area contributed by atoms with E-state index in [9.17, 15) is 10.4 Å². The Morgan fingerprint density at radius 1 is 1.78 bits per heavy atom. The molecule has 4 nitrogen and oxygen atoms in total. The Bertz CT molecular complexity index is 118. The van der Waals surface area contributed by atoms with E-state index in [2.05, 4.69) is 0 Å². The fourth-order valence-electron chi connectivity index (χ4n) is 0.386. The SMILES string of the molecule is CCN([O])/C(C)=[N+](/C)[O-]. The number of amidine groups is 1. The molecule has 0 aliphatic rings. The van der Waals surface area contributed by atoms with Gasteiger partial charge in [-0.3, -0.25) is 4.74 Å². The molecule has 0 atom stereocenters. The van der Waals surface area contributed by atoms with E-state index in [0.29, 0.717) is 16.3 Å². The van der Waals surface area contributed by atoms with Crippen molar-refractivity contribution in [3.63, 3.8) is 0 Å². The number of hydrogen-bond donors (Lipinski definition) is 0. The van der Waals surface area contributed by atoms with Gasteiger partial charge in [-0.05, 0) is 6.92 Å². The van der Waals surface area contributed by atoms with Crippen LogP contribution in [0.4, 0.5) is 0 Å². The Hall–Kier alpha value is -0.770. The minimum atomic E-state index is 0.192. The van der Waals surface area contributed by atoms with Gasteiger partial charge >= 0.3 is 0 Å². The lowest BCUT2D eigenvalue weighted by Crippen LogP contribution is -2.28. The predicted octanol–water partition coefficient (Wildman–Crippen LogP) is 0.212. The summed E-state index contributed by atoms with van der Waals surface area (Å²) in [6.45, 7) is 3.50. The maximum absolute atomic E-state index is 10.6. The second-order valence-electron chi connectivity index (χ2n) is 1.74. The van der Waals surface area contributed by atoms with Gasteiger partial charge in [0, 0.05) is 12.1 Å². The summed E-state index contributed by atoms with van der Waals surface area (Å²) in [4.78, 5) is 0. The third-order valence-corrected chi connectivity index (χ3v) is 1.10. The maximum Gasteiger partial charge on any atom is 0.279 e. The van der Waals surface area contributed by atoms with Crippen molar-refractivity contribution in [2.75, 3.05) is 13.6 Å². The standard InChI is InChI=1S/C5H11N2O2/c1-4-7(9)5(2)6(3)8/h4H2,1-3H3/b6-5-. The quantitative estimate of drug-likeness (QED) is 0.168. The normalized spacial score (nSPS) is 12.9. The first-order valence-electron chi connectivity index (χ1n) is 2.78. The molecule has 1 radical (unpaired) electrons. The van der Waals surface area contributed by atoms with Gasteiger partial charge in [0.25, 0.3) is 5.84 Å². The highest BCUT2D eigenvalue weighted by Gasteiger charge is 2.09. The third-order valence-electron chi connectivity index (χ3n) is 1.10. The number of nitrogens with zero attached hydrogens (tertiary/aromatic N) is 2. The van der Waals surface area contributed by atoms with E-state index >= 15 is 0 Å². The molecule has 0 amide bonds. The first-order chi connectivity index (χ1) is 4.09. The van der Waals surface area contributed by atoms with Crippen molar-refractivity contribution in [1.82, 2.24) is 5.06 Å². The molecular formula is C5H11N2O2. The van der Waals surface area contributed by atoms with Crippen molar-refractivity contribution in [1.29, 1.82) is 0 Å². The number of hydrogen-bond acceptors (Lipinski definition) is 1. The van der Waals surface area contributed by atoms with Gasteiger partial charge in [-0.15, -0.1) is 0 Å². The third kappa shape index (κ3) is 2.32. The van der Waals surface area contributed by atoms with E-state index in [1.807, 2.05) is 0 Å². The summed E-state index contributed by atoms with van der Waals surface area (Å²) in [6, 6.07) is 0. The van der Waals surface area contributed by atoms with E-state index < -0.39 is 0 Å².